The summed E-state index contributed by atoms with van der Waals surface area (Å²) in [6.07, 6.45) is 1.79. The van der Waals surface area contributed by atoms with Gasteiger partial charge >= 0.3 is 0 Å². The molecule has 2 N–H and O–H groups in total. The van der Waals surface area contributed by atoms with E-state index in [0.717, 1.165) is 30.4 Å². The number of hydrogen-bond donors (Lipinski definition) is 2. The Hall–Kier alpha value is -2.25. The van der Waals surface area contributed by atoms with Crippen LogP contribution in [0.5, 0.6) is 5.88 Å². The molecular weight excluding hydrogens is 360 g/mol. The van der Waals surface area contributed by atoms with Crippen molar-refractivity contribution in [3.8, 4) is 5.88 Å². The van der Waals surface area contributed by atoms with E-state index < -0.39 is 0 Å². The highest BCUT2D eigenvalue weighted by atomic mass is 32.2. The Labute approximate surface area is 165 Å². The quantitative estimate of drug-likeness (QED) is 0.267. The molecule has 1 aromatic heterocycles. The number of ether oxygens (including phenoxy) is 2. The van der Waals surface area contributed by atoms with Gasteiger partial charge in [0.15, 0.2) is 5.96 Å². The van der Waals surface area contributed by atoms with Crippen molar-refractivity contribution in [2.24, 2.45) is 4.99 Å². The molecule has 0 bridgehead atoms. The van der Waals surface area contributed by atoms with E-state index in [1.165, 1.54) is 4.90 Å². The number of benzene rings is 1. The van der Waals surface area contributed by atoms with Gasteiger partial charge in [0.25, 0.3) is 0 Å². The molecule has 0 saturated carbocycles. The molecule has 7 heteroatoms. The minimum absolute atomic E-state index is 0.497. The molecule has 0 aliphatic rings. The van der Waals surface area contributed by atoms with Gasteiger partial charge in [-0.15, -0.1) is 11.8 Å². The summed E-state index contributed by atoms with van der Waals surface area (Å²) in [5, 5.41) is 6.63. The van der Waals surface area contributed by atoms with Crippen LogP contribution >= 0.6 is 11.8 Å². The van der Waals surface area contributed by atoms with E-state index >= 15 is 0 Å². The van der Waals surface area contributed by atoms with Crippen LogP contribution in [0.4, 0.5) is 0 Å². The zero-order valence-corrected chi connectivity index (χ0v) is 16.8. The van der Waals surface area contributed by atoms with Crippen molar-refractivity contribution in [1.82, 2.24) is 15.6 Å². The molecular formula is C20H28N4O2S. The van der Waals surface area contributed by atoms with Crippen molar-refractivity contribution < 1.29 is 9.47 Å². The molecule has 27 heavy (non-hydrogen) atoms. The van der Waals surface area contributed by atoms with Crippen LogP contribution in [0.25, 0.3) is 0 Å². The second kappa shape index (κ2) is 13.0. The topological polar surface area (TPSA) is 67.8 Å². The number of rotatable bonds is 11. The van der Waals surface area contributed by atoms with E-state index in [1.807, 2.05) is 30.0 Å². The zero-order valence-electron chi connectivity index (χ0n) is 16.0. The molecule has 0 atom stereocenters. The first kappa shape index (κ1) is 21.1. The van der Waals surface area contributed by atoms with Gasteiger partial charge < -0.3 is 20.1 Å². The van der Waals surface area contributed by atoms with Crippen molar-refractivity contribution in [3.63, 3.8) is 0 Å². The van der Waals surface area contributed by atoms with Gasteiger partial charge in [-0.25, -0.2) is 9.98 Å². The first-order chi connectivity index (χ1) is 13.3. The lowest BCUT2D eigenvalue weighted by Crippen LogP contribution is -2.38. The van der Waals surface area contributed by atoms with Gasteiger partial charge in [-0.05, 0) is 24.6 Å². The van der Waals surface area contributed by atoms with E-state index in [9.17, 15) is 0 Å². The van der Waals surface area contributed by atoms with Crippen molar-refractivity contribution in [2.75, 3.05) is 39.2 Å². The second-order valence-electron chi connectivity index (χ2n) is 5.63. The summed E-state index contributed by atoms with van der Waals surface area (Å²) in [5.41, 5.74) is 1.03. The second-order valence-corrected chi connectivity index (χ2v) is 6.80. The number of hydrogen-bond acceptors (Lipinski definition) is 5. The minimum Gasteiger partial charge on any atom is -0.475 e. The van der Waals surface area contributed by atoms with Crippen LogP contribution in [0.15, 0.2) is 58.5 Å². The molecule has 0 radical (unpaired) electrons. The van der Waals surface area contributed by atoms with Crippen LogP contribution in [0.2, 0.25) is 0 Å². The largest absolute Gasteiger partial charge is 0.475 e. The maximum absolute atomic E-state index is 5.47. The monoisotopic (exact) mass is 388 g/mol. The number of aromatic nitrogens is 1. The van der Waals surface area contributed by atoms with Gasteiger partial charge in [0.1, 0.15) is 6.61 Å². The van der Waals surface area contributed by atoms with Crippen LogP contribution in [0, 0.1) is 0 Å². The van der Waals surface area contributed by atoms with E-state index in [0.29, 0.717) is 25.6 Å². The van der Waals surface area contributed by atoms with Crippen molar-refractivity contribution in [3.05, 3.63) is 54.2 Å². The van der Waals surface area contributed by atoms with Crippen molar-refractivity contribution >= 4 is 17.7 Å². The number of pyridine rings is 1. The third-order valence-corrected chi connectivity index (χ3v) is 4.52. The fraction of sp³-hybridized carbons (Fsp3) is 0.400. The van der Waals surface area contributed by atoms with Crippen LogP contribution in [-0.2, 0) is 11.3 Å². The number of thioether (sulfide) groups is 1. The molecule has 0 unspecified atom stereocenters. The summed E-state index contributed by atoms with van der Waals surface area (Å²) in [6, 6.07) is 14.2. The summed E-state index contributed by atoms with van der Waals surface area (Å²) in [4.78, 5) is 10.2. The molecule has 1 heterocycles. The summed E-state index contributed by atoms with van der Waals surface area (Å²) in [6.45, 7) is 5.33. The van der Waals surface area contributed by atoms with Gasteiger partial charge in [0.2, 0.25) is 5.88 Å². The molecule has 0 aliphatic heterocycles. The lowest BCUT2D eigenvalue weighted by molar-refractivity contribution is 0.143. The summed E-state index contributed by atoms with van der Waals surface area (Å²) in [7, 11) is 1.65. The van der Waals surface area contributed by atoms with Crippen LogP contribution in [-0.4, -0.2) is 50.1 Å². The fourth-order valence-electron chi connectivity index (χ4n) is 2.19. The Balaban J connectivity index is 1.76. The highest BCUT2D eigenvalue weighted by molar-refractivity contribution is 7.99. The lowest BCUT2D eigenvalue weighted by Gasteiger charge is -2.11. The Morgan fingerprint density at radius 1 is 1.11 bits per heavy atom. The molecule has 1 aromatic carbocycles. The van der Waals surface area contributed by atoms with Crippen molar-refractivity contribution in [2.45, 2.75) is 18.4 Å². The predicted octanol–water partition coefficient (Wildman–Crippen LogP) is 2.95. The summed E-state index contributed by atoms with van der Waals surface area (Å²) in [5.74, 6) is 2.39. The smallest absolute Gasteiger partial charge is 0.213 e. The SMILES string of the molecule is CCNC(=NCc1ccc(OCCOC)nc1)NCCSc1ccccc1. The van der Waals surface area contributed by atoms with Gasteiger partial charge in [-0.1, -0.05) is 24.3 Å². The molecule has 0 saturated heterocycles. The van der Waals surface area contributed by atoms with Gasteiger partial charge in [0.05, 0.1) is 13.2 Å². The molecule has 0 amide bonds. The summed E-state index contributed by atoms with van der Waals surface area (Å²) >= 11 is 1.83. The zero-order chi connectivity index (χ0) is 19.2. The molecule has 0 spiro atoms. The average Bonchev–Trinajstić information content (AvgIpc) is 2.71. The Kier molecular flexibility index (Phi) is 10.1. The molecule has 6 nitrogen and oxygen atoms in total. The van der Waals surface area contributed by atoms with Gasteiger partial charge in [0, 0.05) is 43.1 Å². The number of methoxy groups -OCH3 is 1. The van der Waals surface area contributed by atoms with Gasteiger partial charge in [-0.2, -0.15) is 0 Å². The Morgan fingerprint density at radius 3 is 2.67 bits per heavy atom. The highest BCUT2D eigenvalue weighted by Crippen LogP contribution is 2.15. The molecule has 0 aliphatic carbocycles. The van der Waals surface area contributed by atoms with Gasteiger partial charge in [-0.3, -0.25) is 0 Å². The number of aliphatic imine (C=N–C) groups is 1. The Bertz CT molecular complexity index is 665. The molecule has 2 rings (SSSR count). The molecule has 0 fully saturated rings. The highest BCUT2D eigenvalue weighted by Gasteiger charge is 2.00. The predicted molar refractivity (Wildman–Crippen MR) is 112 cm³/mol. The maximum Gasteiger partial charge on any atom is 0.213 e. The number of guanidine groups is 1. The van der Waals surface area contributed by atoms with Crippen molar-refractivity contribution in [1.29, 1.82) is 0 Å². The molecule has 2 aromatic rings. The molecule has 146 valence electrons. The van der Waals surface area contributed by atoms with E-state index in [4.69, 9.17) is 9.47 Å². The van der Waals surface area contributed by atoms with Crippen LogP contribution < -0.4 is 15.4 Å². The first-order valence-electron chi connectivity index (χ1n) is 9.08. The third kappa shape index (κ3) is 8.79. The Morgan fingerprint density at radius 2 is 1.96 bits per heavy atom. The van der Waals surface area contributed by atoms with E-state index in [-0.39, 0.29) is 0 Å². The first-order valence-corrected chi connectivity index (χ1v) is 10.1. The van der Waals surface area contributed by atoms with Crippen LogP contribution in [0.1, 0.15) is 12.5 Å². The normalized spacial score (nSPS) is 11.3. The fourth-order valence-corrected chi connectivity index (χ4v) is 2.98. The number of nitrogens with zero attached hydrogens (tertiary/aromatic N) is 2. The standard InChI is InChI=1S/C20H28N4O2S/c1-3-21-20(22-11-14-27-18-7-5-4-6-8-18)24-16-17-9-10-19(23-15-17)26-13-12-25-2/h4-10,15H,3,11-14,16H2,1-2H3,(H2,21,22,24). The lowest BCUT2D eigenvalue weighted by atomic mass is 10.3. The number of nitrogens with one attached hydrogen (secondary N) is 2. The minimum atomic E-state index is 0.497. The summed E-state index contributed by atoms with van der Waals surface area (Å²) < 4.78 is 10.4. The average molecular weight is 389 g/mol. The maximum atomic E-state index is 5.47. The van der Waals surface area contributed by atoms with Crippen LogP contribution in [0.3, 0.4) is 0 Å². The van der Waals surface area contributed by atoms with E-state index in [2.05, 4.69) is 51.8 Å². The third-order valence-electron chi connectivity index (χ3n) is 3.51. The van der Waals surface area contributed by atoms with E-state index in [1.54, 1.807) is 13.3 Å².